The lowest BCUT2D eigenvalue weighted by Gasteiger charge is -2.09. The predicted molar refractivity (Wildman–Crippen MR) is 43.3 cm³/mol. The maximum absolute atomic E-state index is 8.99. The summed E-state index contributed by atoms with van der Waals surface area (Å²) in [5, 5.41) is 20.7. The van der Waals surface area contributed by atoms with Gasteiger partial charge in [0.1, 0.15) is 0 Å². The van der Waals surface area contributed by atoms with Gasteiger partial charge < -0.3 is 15.5 Å². The van der Waals surface area contributed by atoms with Gasteiger partial charge in [0.2, 0.25) is 0 Å². The van der Waals surface area contributed by atoms with E-state index >= 15 is 0 Å². The SMILES string of the molecule is CC1(C)CC1NC[C@H](O)CO. The van der Waals surface area contributed by atoms with E-state index in [4.69, 9.17) is 10.2 Å². The van der Waals surface area contributed by atoms with Crippen molar-refractivity contribution in [2.24, 2.45) is 5.41 Å². The Labute approximate surface area is 67.4 Å². The van der Waals surface area contributed by atoms with Crippen LogP contribution in [0.15, 0.2) is 0 Å². The molecular formula is C8H17NO2. The highest BCUT2D eigenvalue weighted by atomic mass is 16.3. The van der Waals surface area contributed by atoms with Crippen LogP contribution < -0.4 is 5.32 Å². The van der Waals surface area contributed by atoms with E-state index in [0.717, 1.165) is 0 Å². The van der Waals surface area contributed by atoms with E-state index < -0.39 is 6.10 Å². The van der Waals surface area contributed by atoms with Crippen LogP contribution in [0.5, 0.6) is 0 Å². The molecule has 2 atom stereocenters. The quantitative estimate of drug-likeness (QED) is 0.529. The summed E-state index contributed by atoms with van der Waals surface area (Å²) in [6.07, 6.45) is 0.567. The van der Waals surface area contributed by atoms with Gasteiger partial charge in [0.25, 0.3) is 0 Å². The number of aliphatic hydroxyl groups is 2. The Kier molecular flexibility index (Phi) is 2.52. The molecule has 0 radical (unpaired) electrons. The van der Waals surface area contributed by atoms with Crippen LogP contribution in [-0.2, 0) is 0 Å². The molecule has 0 heterocycles. The van der Waals surface area contributed by atoms with Gasteiger partial charge in [-0.25, -0.2) is 0 Å². The van der Waals surface area contributed by atoms with Crippen LogP contribution in [0.4, 0.5) is 0 Å². The second-order valence-corrected chi connectivity index (χ2v) is 3.99. The van der Waals surface area contributed by atoms with Crippen molar-refractivity contribution in [1.29, 1.82) is 0 Å². The van der Waals surface area contributed by atoms with Crippen LogP contribution in [0, 0.1) is 5.41 Å². The third kappa shape index (κ3) is 2.43. The van der Waals surface area contributed by atoms with Crippen LogP contribution in [-0.4, -0.2) is 35.5 Å². The second-order valence-electron chi connectivity index (χ2n) is 3.99. The molecule has 0 bridgehead atoms. The van der Waals surface area contributed by atoms with Crippen molar-refractivity contribution in [2.75, 3.05) is 13.2 Å². The standard InChI is InChI=1S/C8H17NO2/c1-8(2)3-7(8)9-4-6(11)5-10/h6-7,9-11H,3-5H2,1-2H3/t6-,7?/m0/s1. The van der Waals surface area contributed by atoms with Crippen molar-refractivity contribution in [1.82, 2.24) is 5.32 Å². The van der Waals surface area contributed by atoms with Crippen LogP contribution in [0.25, 0.3) is 0 Å². The van der Waals surface area contributed by atoms with Gasteiger partial charge in [-0.2, -0.15) is 0 Å². The highest BCUT2D eigenvalue weighted by Gasteiger charge is 2.45. The number of hydrogen-bond donors (Lipinski definition) is 3. The second kappa shape index (κ2) is 3.09. The summed E-state index contributed by atoms with van der Waals surface area (Å²) in [6.45, 7) is 4.73. The molecular weight excluding hydrogens is 142 g/mol. The summed E-state index contributed by atoms with van der Waals surface area (Å²) in [5.41, 5.74) is 0.398. The molecule has 0 aliphatic heterocycles. The van der Waals surface area contributed by atoms with Gasteiger partial charge in [-0.3, -0.25) is 0 Å². The highest BCUT2D eigenvalue weighted by molar-refractivity contribution is 5.01. The van der Waals surface area contributed by atoms with Gasteiger partial charge in [-0.15, -0.1) is 0 Å². The molecule has 0 aromatic carbocycles. The average Bonchev–Trinajstić information content (AvgIpc) is 2.54. The maximum Gasteiger partial charge on any atom is 0.0895 e. The monoisotopic (exact) mass is 159 g/mol. The molecule has 66 valence electrons. The maximum atomic E-state index is 8.99. The zero-order valence-electron chi connectivity index (χ0n) is 7.17. The largest absolute Gasteiger partial charge is 0.394 e. The molecule has 3 nitrogen and oxygen atoms in total. The summed E-state index contributed by atoms with van der Waals surface area (Å²) in [6, 6.07) is 0.531. The molecule has 1 fully saturated rings. The lowest BCUT2D eigenvalue weighted by molar-refractivity contribution is 0.0935. The number of hydrogen-bond acceptors (Lipinski definition) is 3. The summed E-state index contributed by atoms with van der Waals surface area (Å²) in [5.74, 6) is 0. The third-order valence-corrected chi connectivity index (χ3v) is 2.32. The number of aliphatic hydroxyl groups excluding tert-OH is 2. The molecule has 0 saturated heterocycles. The van der Waals surface area contributed by atoms with Gasteiger partial charge in [0.15, 0.2) is 0 Å². The molecule has 3 N–H and O–H groups in total. The summed E-state index contributed by atoms with van der Waals surface area (Å²) < 4.78 is 0. The van der Waals surface area contributed by atoms with E-state index in [1.165, 1.54) is 6.42 Å². The first-order chi connectivity index (χ1) is 5.06. The Hall–Kier alpha value is -0.120. The molecule has 3 heteroatoms. The zero-order valence-corrected chi connectivity index (χ0v) is 7.17. The predicted octanol–water partition coefficient (Wildman–Crippen LogP) is -0.272. The fourth-order valence-corrected chi connectivity index (χ4v) is 1.16. The van der Waals surface area contributed by atoms with Gasteiger partial charge in [-0.1, -0.05) is 13.8 Å². The summed E-state index contributed by atoms with van der Waals surface area (Å²) >= 11 is 0. The minimum Gasteiger partial charge on any atom is -0.394 e. The molecule has 0 aromatic rings. The van der Waals surface area contributed by atoms with Crippen molar-refractivity contribution in [3.63, 3.8) is 0 Å². The van der Waals surface area contributed by atoms with Gasteiger partial charge in [0.05, 0.1) is 12.7 Å². The third-order valence-electron chi connectivity index (χ3n) is 2.32. The number of rotatable bonds is 4. The van der Waals surface area contributed by atoms with Crippen molar-refractivity contribution < 1.29 is 10.2 Å². The molecule has 1 rings (SSSR count). The highest BCUT2D eigenvalue weighted by Crippen LogP contribution is 2.44. The Bertz CT molecular complexity index is 136. The van der Waals surface area contributed by atoms with Crippen molar-refractivity contribution in [3.8, 4) is 0 Å². The summed E-state index contributed by atoms with van der Waals surface area (Å²) in [7, 11) is 0. The Morgan fingerprint density at radius 1 is 1.64 bits per heavy atom. The van der Waals surface area contributed by atoms with E-state index in [0.29, 0.717) is 18.0 Å². The van der Waals surface area contributed by atoms with Crippen LogP contribution in [0.1, 0.15) is 20.3 Å². The van der Waals surface area contributed by atoms with E-state index in [1.54, 1.807) is 0 Å². The molecule has 0 amide bonds. The van der Waals surface area contributed by atoms with E-state index in [1.807, 2.05) is 0 Å². The molecule has 1 aliphatic rings. The van der Waals surface area contributed by atoms with E-state index in [2.05, 4.69) is 19.2 Å². The first-order valence-electron chi connectivity index (χ1n) is 4.08. The van der Waals surface area contributed by atoms with Gasteiger partial charge in [0, 0.05) is 12.6 Å². The topological polar surface area (TPSA) is 52.5 Å². The first-order valence-corrected chi connectivity index (χ1v) is 4.08. The van der Waals surface area contributed by atoms with Crippen LogP contribution >= 0.6 is 0 Å². The smallest absolute Gasteiger partial charge is 0.0895 e. The number of nitrogens with one attached hydrogen (secondary N) is 1. The minimum atomic E-state index is -0.605. The Morgan fingerprint density at radius 2 is 2.18 bits per heavy atom. The fourth-order valence-electron chi connectivity index (χ4n) is 1.16. The molecule has 11 heavy (non-hydrogen) atoms. The van der Waals surface area contributed by atoms with Crippen molar-refractivity contribution in [2.45, 2.75) is 32.4 Å². The average molecular weight is 159 g/mol. The van der Waals surface area contributed by atoms with E-state index in [9.17, 15) is 0 Å². The molecule has 1 saturated carbocycles. The molecule has 1 unspecified atom stereocenters. The first kappa shape index (κ1) is 8.97. The lowest BCUT2D eigenvalue weighted by atomic mass is 10.2. The van der Waals surface area contributed by atoms with Gasteiger partial charge >= 0.3 is 0 Å². The Balaban J connectivity index is 2.06. The fraction of sp³-hybridized carbons (Fsp3) is 1.00. The normalized spacial score (nSPS) is 30.0. The van der Waals surface area contributed by atoms with Crippen LogP contribution in [0.3, 0.4) is 0 Å². The summed E-state index contributed by atoms with van der Waals surface area (Å²) in [4.78, 5) is 0. The minimum absolute atomic E-state index is 0.153. The molecule has 0 aromatic heterocycles. The van der Waals surface area contributed by atoms with E-state index in [-0.39, 0.29) is 6.61 Å². The zero-order chi connectivity index (χ0) is 8.48. The van der Waals surface area contributed by atoms with Crippen molar-refractivity contribution in [3.05, 3.63) is 0 Å². The van der Waals surface area contributed by atoms with Crippen molar-refractivity contribution >= 4 is 0 Å². The van der Waals surface area contributed by atoms with Crippen LogP contribution in [0.2, 0.25) is 0 Å². The van der Waals surface area contributed by atoms with Gasteiger partial charge in [-0.05, 0) is 11.8 Å². The lowest BCUT2D eigenvalue weighted by Crippen LogP contribution is -2.32. The Morgan fingerprint density at radius 3 is 2.55 bits per heavy atom. The molecule has 0 spiro atoms. The molecule has 1 aliphatic carbocycles.